The van der Waals surface area contributed by atoms with Gasteiger partial charge in [0, 0.05) is 50.1 Å². The lowest BCUT2D eigenvalue weighted by Crippen LogP contribution is -2.47. The van der Waals surface area contributed by atoms with Crippen LogP contribution in [0.3, 0.4) is 0 Å². The Labute approximate surface area is 153 Å². The summed E-state index contributed by atoms with van der Waals surface area (Å²) in [6.07, 6.45) is 5.23. The van der Waals surface area contributed by atoms with Crippen molar-refractivity contribution in [3.05, 3.63) is 36.7 Å². The van der Waals surface area contributed by atoms with Crippen molar-refractivity contribution in [2.45, 2.75) is 12.8 Å². The van der Waals surface area contributed by atoms with Crippen LogP contribution in [0.2, 0.25) is 0 Å². The number of carbonyl (C=O) groups excluding carboxylic acids is 1. The third-order valence-electron chi connectivity index (χ3n) is 5.12. The fourth-order valence-corrected chi connectivity index (χ4v) is 3.57. The Kier molecular flexibility index (Phi) is 5.06. The molecule has 4 heterocycles. The Balaban J connectivity index is 1.35. The first-order chi connectivity index (χ1) is 12.8. The third-order valence-corrected chi connectivity index (χ3v) is 5.12. The first-order valence-electron chi connectivity index (χ1n) is 9.17. The minimum Gasteiger partial charge on any atom is -0.378 e. The van der Waals surface area contributed by atoms with Gasteiger partial charge in [-0.15, -0.1) is 10.2 Å². The van der Waals surface area contributed by atoms with Gasteiger partial charge in [0.1, 0.15) is 0 Å². The van der Waals surface area contributed by atoms with E-state index in [0.717, 1.165) is 56.1 Å². The van der Waals surface area contributed by atoms with E-state index in [0.29, 0.717) is 13.2 Å². The lowest BCUT2D eigenvalue weighted by molar-refractivity contribution is -0.140. The molecule has 2 aliphatic heterocycles. The van der Waals surface area contributed by atoms with Gasteiger partial charge < -0.3 is 14.5 Å². The van der Waals surface area contributed by atoms with Crippen molar-refractivity contribution in [2.75, 3.05) is 44.3 Å². The number of morpholine rings is 1. The number of anilines is 1. The van der Waals surface area contributed by atoms with E-state index in [1.54, 1.807) is 12.4 Å². The molecule has 136 valence electrons. The highest BCUT2D eigenvalue weighted by atomic mass is 16.5. The summed E-state index contributed by atoms with van der Waals surface area (Å²) >= 11 is 0. The molecule has 0 radical (unpaired) electrons. The lowest BCUT2D eigenvalue weighted by atomic mass is 9.95. The van der Waals surface area contributed by atoms with Crippen LogP contribution in [-0.4, -0.2) is 65.4 Å². The van der Waals surface area contributed by atoms with Gasteiger partial charge in [0.05, 0.1) is 18.9 Å². The number of amides is 1. The Morgan fingerprint density at radius 3 is 2.35 bits per heavy atom. The highest BCUT2D eigenvalue weighted by Gasteiger charge is 2.29. The van der Waals surface area contributed by atoms with E-state index in [1.165, 1.54) is 0 Å². The zero-order valence-corrected chi connectivity index (χ0v) is 14.8. The van der Waals surface area contributed by atoms with Gasteiger partial charge in [0.2, 0.25) is 5.91 Å². The quantitative estimate of drug-likeness (QED) is 0.835. The molecular formula is C19H23N5O2. The first kappa shape index (κ1) is 16.9. The number of piperidine rings is 1. The maximum absolute atomic E-state index is 12.6. The van der Waals surface area contributed by atoms with Gasteiger partial charge in [-0.05, 0) is 37.1 Å². The SMILES string of the molecule is O=C(C1CCN(c2ccc(-c3ccncc3)nn2)CC1)N1CCOCC1. The topological polar surface area (TPSA) is 71.5 Å². The Morgan fingerprint density at radius 1 is 0.962 bits per heavy atom. The molecular weight excluding hydrogens is 330 g/mol. The normalized spacial score (nSPS) is 18.8. The van der Waals surface area contributed by atoms with E-state index >= 15 is 0 Å². The van der Waals surface area contributed by atoms with Gasteiger partial charge in [0.25, 0.3) is 0 Å². The molecule has 0 aromatic carbocycles. The summed E-state index contributed by atoms with van der Waals surface area (Å²) in [5.74, 6) is 1.28. The molecule has 2 saturated heterocycles. The molecule has 26 heavy (non-hydrogen) atoms. The van der Waals surface area contributed by atoms with Gasteiger partial charge in [-0.3, -0.25) is 9.78 Å². The highest BCUT2D eigenvalue weighted by Crippen LogP contribution is 2.24. The summed E-state index contributed by atoms with van der Waals surface area (Å²) < 4.78 is 5.33. The standard InChI is InChI=1S/C19H23N5O2/c25-19(24-11-13-26-14-12-24)16-5-9-23(10-6-16)18-2-1-17(21-22-18)15-3-7-20-8-4-15/h1-4,7-8,16H,5-6,9-14H2. The molecule has 0 bridgehead atoms. The Morgan fingerprint density at radius 2 is 1.69 bits per heavy atom. The summed E-state index contributed by atoms with van der Waals surface area (Å²) in [6.45, 7) is 4.43. The minimum atomic E-state index is 0.119. The highest BCUT2D eigenvalue weighted by molar-refractivity contribution is 5.79. The van der Waals surface area contributed by atoms with E-state index in [9.17, 15) is 4.79 Å². The van der Waals surface area contributed by atoms with Gasteiger partial charge in [0.15, 0.2) is 5.82 Å². The first-order valence-corrected chi connectivity index (χ1v) is 9.17. The molecule has 7 heteroatoms. The van der Waals surface area contributed by atoms with Crippen molar-refractivity contribution >= 4 is 11.7 Å². The van der Waals surface area contributed by atoms with Gasteiger partial charge >= 0.3 is 0 Å². The monoisotopic (exact) mass is 353 g/mol. The maximum atomic E-state index is 12.6. The van der Waals surface area contributed by atoms with Crippen LogP contribution in [0.1, 0.15) is 12.8 Å². The number of carbonyl (C=O) groups is 1. The van der Waals surface area contributed by atoms with Crippen LogP contribution < -0.4 is 4.90 Å². The van der Waals surface area contributed by atoms with Gasteiger partial charge in [-0.2, -0.15) is 0 Å². The summed E-state index contributed by atoms with van der Waals surface area (Å²) in [5, 5.41) is 8.73. The second kappa shape index (κ2) is 7.78. The van der Waals surface area contributed by atoms with E-state index in [4.69, 9.17) is 4.74 Å². The second-order valence-electron chi connectivity index (χ2n) is 6.71. The van der Waals surface area contributed by atoms with E-state index in [2.05, 4.69) is 20.1 Å². The molecule has 2 fully saturated rings. The van der Waals surface area contributed by atoms with E-state index in [1.807, 2.05) is 29.2 Å². The molecule has 0 unspecified atom stereocenters. The molecule has 1 amide bonds. The molecule has 2 aromatic heterocycles. The summed E-state index contributed by atoms with van der Waals surface area (Å²) in [4.78, 5) is 20.8. The van der Waals surface area contributed by atoms with Gasteiger partial charge in [-0.25, -0.2) is 0 Å². The Bertz CT molecular complexity index is 723. The predicted octanol–water partition coefficient (Wildman–Crippen LogP) is 1.61. The molecule has 0 atom stereocenters. The molecule has 4 rings (SSSR count). The molecule has 0 spiro atoms. The average molecular weight is 353 g/mol. The average Bonchev–Trinajstić information content (AvgIpc) is 2.75. The Hall–Kier alpha value is -2.54. The molecule has 0 saturated carbocycles. The van der Waals surface area contributed by atoms with Crippen molar-refractivity contribution in [1.29, 1.82) is 0 Å². The van der Waals surface area contributed by atoms with Crippen molar-refractivity contribution in [2.24, 2.45) is 5.92 Å². The second-order valence-corrected chi connectivity index (χ2v) is 6.71. The lowest BCUT2D eigenvalue weighted by Gasteiger charge is -2.35. The smallest absolute Gasteiger partial charge is 0.225 e. The fraction of sp³-hybridized carbons (Fsp3) is 0.474. The molecule has 2 aliphatic rings. The fourth-order valence-electron chi connectivity index (χ4n) is 3.57. The van der Waals surface area contributed by atoms with Crippen molar-refractivity contribution in [1.82, 2.24) is 20.1 Å². The zero-order valence-electron chi connectivity index (χ0n) is 14.8. The van der Waals surface area contributed by atoms with Crippen LogP contribution in [0.25, 0.3) is 11.3 Å². The number of nitrogens with zero attached hydrogens (tertiary/aromatic N) is 5. The molecule has 0 aliphatic carbocycles. The van der Waals surface area contributed by atoms with Crippen LogP contribution in [0, 0.1) is 5.92 Å². The van der Waals surface area contributed by atoms with E-state index < -0.39 is 0 Å². The predicted molar refractivity (Wildman–Crippen MR) is 97.6 cm³/mol. The zero-order chi connectivity index (χ0) is 17.8. The molecule has 0 N–H and O–H groups in total. The van der Waals surface area contributed by atoms with Crippen molar-refractivity contribution in [3.63, 3.8) is 0 Å². The number of aromatic nitrogens is 3. The molecule has 2 aromatic rings. The summed E-state index contributed by atoms with van der Waals surface area (Å²) in [6, 6.07) is 7.84. The van der Waals surface area contributed by atoms with Crippen molar-refractivity contribution < 1.29 is 9.53 Å². The van der Waals surface area contributed by atoms with Crippen LogP contribution in [-0.2, 0) is 9.53 Å². The molecule has 7 nitrogen and oxygen atoms in total. The number of hydrogen-bond donors (Lipinski definition) is 0. The van der Waals surface area contributed by atoms with Crippen LogP contribution in [0.5, 0.6) is 0 Å². The summed E-state index contributed by atoms with van der Waals surface area (Å²) in [7, 11) is 0. The number of rotatable bonds is 3. The summed E-state index contributed by atoms with van der Waals surface area (Å²) in [5.41, 5.74) is 1.85. The maximum Gasteiger partial charge on any atom is 0.225 e. The van der Waals surface area contributed by atoms with Crippen LogP contribution >= 0.6 is 0 Å². The van der Waals surface area contributed by atoms with Crippen LogP contribution in [0.4, 0.5) is 5.82 Å². The number of pyridine rings is 1. The third kappa shape index (κ3) is 3.67. The van der Waals surface area contributed by atoms with E-state index in [-0.39, 0.29) is 11.8 Å². The number of ether oxygens (including phenoxy) is 1. The number of hydrogen-bond acceptors (Lipinski definition) is 6. The van der Waals surface area contributed by atoms with Crippen molar-refractivity contribution in [3.8, 4) is 11.3 Å². The minimum absolute atomic E-state index is 0.119. The van der Waals surface area contributed by atoms with Crippen LogP contribution in [0.15, 0.2) is 36.7 Å². The van der Waals surface area contributed by atoms with Gasteiger partial charge in [-0.1, -0.05) is 0 Å². The largest absolute Gasteiger partial charge is 0.378 e.